The van der Waals surface area contributed by atoms with Crippen molar-refractivity contribution in [1.82, 2.24) is 4.90 Å². The molecule has 0 N–H and O–H groups in total. The number of carbonyl (C=O) groups excluding carboxylic acids is 2. The van der Waals surface area contributed by atoms with Gasteiger partial charge in [0.25, 0.3) is 0 Å². The molecule has 0 aliphatic carbocycles. The van der Waals surface area contributed by atoms with Crippen LogP contribution in [0.2, 0.25) is 0 Å². The van der Waals surface area contributed by atoms with E-state index < -0.39 is 5.91 Å². The van der Waals surface area contributed by atoms with Gasteiger partial charge in [0, 0.05) is 25.3 Å². The first-order valence-corrected chi connectivity index (χ1v) is 7.40. The molecule has 4 heteroatoms. The summed E-state index contributed by atoms with van der Waals surface area (Å²) in [7, 11) is 0. The third-order valence-corrected chi connectivity index (χ3v) is 3.71. The lowest BCUT2D eigenvalue weighted by molar-refractivity contribution is -0.144. The molecule has 0 radical (unpaired) electrons. The van der Waals surface area contributed by atoms with Crippen LogP contribution in [0, 0.1) is 0 Å². The predicted octanol–water partition coefficient (Wildman–Crippen LogP) is 2.44. The maximum atomic E-state index is 12.4. The van der Waals surface area contributed by atoms with E-state index >= 15 is 0 Å². The highest BCUT2D eigenvalue weighted by atomic mass is 16.2. The molecule has 2 rings (SSSR count). The van der Waals surface area contributed by atoms with Crippen LogP contribution in [0.15, 0.2) is 30.3 Å². The lowest BCUT2D eigenvalue weighted by Gasteiger charge is -2.25. The number of carbonyl (C=O) groups is 2. The Bertz CT molecular complexity index is 451. The van der Waals surface area contributed by atoms with Crippen molar-refractivity contribution in [1.29, 1.82) is 0 Å². The number of anilines is 1. The van der Waals surface area contributed by atoms with E-state index in [4.69, 9.17) is 0 Å². The molecule has 0 saturated carbocycles. The molecule has 4 nitrogen and oxygen atoms in total. The molecule has 0 unspecified atom stereocenters. The molecule has 1 heterocycles. The van der Waals surface area contributed by atoms with Gasteiger partial charge in [0.05, 0.1) is 0 Å². The molecular formula is C16H22N2O2. The third kappa shape index (κ3) is 3.38. The minimum Gasteiger partial charge on any atom is -0.334 e. The second-order valence-corrected chi connectivity index (χ2v) is 5.09. The van der Waals surface area contributed by atoms with Gasteiger partial charge < -0.3 is 9.80 Å². The molecule has 1 aromatic rings. The number of benzene rings is 1. The van der Waals surface area contributed by atoms with Crippen molar-refractivity contribution in [3.63, 3.8) is 0 Å². The Hall–Kier alpha value is -1.84. The molecule has 1 aliphatic rings. The number of rotatable bonds is 2. The van der Waals surface area contributed by atoms with Crippen molar-refractivity contribution in [2.45, 2.75) is 32.6 Å². The molecular weight excluding hydrogens is 252 g/mol. The monoisotopic (exact) mass is 274 g/mol. The van der Waals surface area contributed by atoms with Crippen molar-refractivity contribution in [3.8, 4) is 0 Å². The van der Waals surface area contributed by atoms with Crippen molar-refractivity contribution < 1.29 is 9.59 Å². The zero-order valence-electron chi connectivity index (χ0n) is 12.0. The summed E-state index contributed by atoms with van der Waals surface area (Å²) >= 11 is 0. The zero-order chi connectivity index (χ0) is 14.4. The van der Waals surface area contributed by atoms with E-state index in [1.807, 2.05) is 37.3 Å². The average molecular weight is 274 g/mol. The molecule has 2 amide bonds. The van der Waals surface area contributed by atoms with Crippen LogP contribution in [0.4, 0.5) is 5.69 Å². The van der Waals surface area contributed by atoms with Crippen LogP contribution in [0.5, 0.6) is 0 Å². The smallest absolute Gasteiger partial charge is 0.316 e. The van der Waals surface area contributed by atoms with E-state index in [2.05, 4.69) is 0 Å². The Morgan fingerprint density at radius 1 is 1.05 bits per heavy atom. The summed E-state index contributed by atoms with van der Waals surface area (Å²) in [5.41, 5.74) is 0.781. The van der Waals surface area contributed by atoms with Crippen LogP contribution in [0.25, 0.3) is 0 Å². The molecule has 108 valence electrons. The molecule has 0 aromatic heterocycles. The Kier molecular flexibility index (Phi) is 5.16. The van der Waals surface area contributed by atoms with Gasteiger partial charge >= 0.3 is 11.8 Å². The van der Waals surface area contributed by atoms with Gasteiger partial charge in [0.15, 0.2) is 0 Å². The van der Waals surface area contributed by atoms with E-state index in [0.717, 1.165) is 31.4 Å². The number of nitrogens with zero attached hydrogens (tertiary/aromatic N) is 2. The Morgan fingerprint density at radius 3 is 2.20 bits per heavy atom. The van der Waals surface area contributed by atoms with Gasteiger partial charge in [-0.15, -0.1) is 0 Å². The first kappa shape index (κ1) is 14.6. The van der Waals surface area contributed by atoms with Crippen molar-refractivity contribution in [2.75, 3.05) is 24.5 Å². The second-order valence-electron chi connectivity index (χ2n) is 5.09. The fourth-order valence-electron chi connectivity index (χ4n) is 2.58. The van der Waals surface area contributed by atoms with Gasteiger partial charge in [-0.25, -0.2) is 0 Å². The summed E-state index contributed by atoms with van der Waals surface area (Å²) in [6, 6.07) is 9.37. The maximum absolute atomic E-state index is 12.4. The molecule has 0 atom stereocenters. The van der Waals surface area contributed by atoms with Crippen LogP contribution < -0.4 is 4.90 Å². The van der Waals surface area contributed by atoms with E-state index in [1.165, 1.54) is 0 Å². The van der Waals surface area contributed by atoms with Gasteiger partial charge in [0.2, 0.25) is 0 Å². The number of likely N-dealkylation sites (N-methyl/N-ethyl adjacent to an activating group) is 1. The lowest BCUT2D eigenvalue weighted by Crippen LogP contribution is -2.45. The van der Waals surface area contributed by atoms with Crippen LogP contribution >= 0.6 is 0 Å². The van der Waals surface area contributed by atoms with Gasteiger partial charge in [-0.2, -0.15) is 0 Å². The summed E-state index contributed by atoms with van der Waals surface area (Å²) in [4.78, 5) is 28.0. The Labute approximate surface area is 120 Å². The summed E-state index contributed by atoms with van der Waals surface area (Å²) < 4.78 is 0. The van der Waals surface area contributed by atoms with Crippen LogP contribution in [-0.2, 0) is 9.59 Å². The number of amides is 2. The summed E-state index contributed by atoms with van der Waals surface area (Å²) in [6.45, 7) is 3.80. The van der Waals surface area contributed by atoms with E-state index in [1.54, 1.807) is 9.80 Å². The largest absolute Gasteiger partial charge is 0.334 e. The standard InChI is InChI=1S/C16H22N2O2/c1-2-18(14-10-6-5-7-11-14)16(20)15(19)17-12-8-3-4-9-13-17/h5-7,10-11H,2-4,8-9,12-13H2,1H3. The van der Waals surface area contributed by atoms with E-state index in [-0.39, 0.29) is 5.91 Å². The number of para-hydroxylation sites is 1. The highest BCUT2D eigenvalue weighted by Crippen LogP contribution is 2.15. The van der Waals surface area contributed by atoms with Gasteiger partial charge in [-0.05, 0) is 31.9 Å². The minimum atomic E-state index is -0.416. The highest BCUT2D eigenvalue weighted by Gasteiger charge is 2.27. The summed E-state index contributed by atoms with van der Waals surface area (Å²) in [5, 5.41) is 0. The summed E-state index contributed by atoms with van der Waals surface area (Å²) in [5.74, 6) is -0.779. The third-order valence-electron chi connectivity index (χ3n) is 3.71. The number of hydrogen-bond acceptors (Lipinski definition) is 2. The van der Waals surface area contributed by atoms with Crippen LogP contribution in [0.3, 0.4) is 0 Å². The quantitative estimate of drug-likeness (QED) is 0.777. The van der Waals surface area contributed by atoms with Crippen molar-refractivity contribution in [3.05, 3.63) is 30.3 Å². The topological polar surface area (TPSA) is 40.6 Å². The maximum Gasteiger partial charge on any atom is 0.316 e. The lowest BCUT2D eigenvalue weighted by atomic mass is 10.2. The number of hydrogen-bond donors (Lipinski definition) is 0. The Morgan fingerprint density at radius 2 is 1.65 bits per heavy atom. The minimum absolute atomic E-state index is 0.363. The van der Waals surface area contributed by atoms with Crippen molar-refractivity contribution in [2.24, 2.45) is 0 Å². The van der Waals surface area contributed by atoms with Crippen molar-refractivity contribution >= 4 is 17.5 Å². The molecule has 1 aromatic carbocycles. The summed E-state index contributed by atoms with van der Waals surface area (Å²) in [6.07, 6.45) is 4.29. The second kappa shape index (κ2) is 7.08. The van der Waals surface area contributed by atoms with Crippen LogP contribution in [-0.4, -0.2) is 36.3 Å². The first-order chi connectivity index (χ1) is 9.74. The number of likely N-dealkylation sites (tertiary alicyclic amines) is 1. The average Bonchev–Trinajstić information content (AvgIpc) is 2.77. The highest BCUT2D eigenvalue weighted by molar-refractivity contribution is 6.40. The molecule has 0 spiro atoms. The fraction of sp³-hybridized carbons (Fsp3) is 0.500. The van der Waals surface area contributed by atoms with Gasteiger partial charge in [0.1, 0.15) is 0 Å². The molecule has 1 aliphatic heterocycles. The predicted molar refractivity (Wildman–Crippen MR) is 79.5 cm³/mol. The van der Waals surface area contributed by atoms with Gasteiger partial charge in [-0.3, -0.25) is 9.59 Å². The zero-order valence-corrected chi connectivity index (χ0v) is 12.0. The fourth-order valence-corrected chi connectivity index (χ4v) is 2.58. The molecule has 0 bridgehead atoms. The van der Waals surface area contributed by atoms with E-state index in [0.29, 0.717) is 19.6 Å². The van der Waals surface area contributed by atoms with Gasteiger partial charge in [-0.1, -0.05) is 31.0 Å². The SMILES string of the molecule is CCN(C(=O)C(=O)N1CCCCCC1)c1ccccc1. The molecule has 1 fully saturated rings. The van der Waals surface area contributed by atoms with Crippen LogP contribution in [0.1, 0.15) is 32.6 Å². The van der Waals surface area contributed by atoms with E-state index in [9.17, 15) is 9.59 Å². The first-order valence-electron chi connectivity index (χ1n) is 7.40. The Balaban J connectivity index is 2.09. The molecule has 1 saturated heterocycles. The normalized spacial score (nSPS) is 15.6. The molecule has 20 heavy (non-hydrogen) atoms.